The zero-order chi connectivity index (χ0) is 18.4. The third-order valence-electron chi connectivity index (χ3n) is 4.10. The first-order valence-electron chi connectivity index (χ1n) is 8.51. The van der Waals surface area contributed by atoms with E-state index < -0.39 is 9.84 Å². The van der Waals surface area contributed by atoms with Crippen LogP contribution in [-0.4, -0.2) is 40.1 Å². The Bertz CT molecular complexity index is 847. The summed E-state index contributed by atoms with van der Waals surface area (Å²) < 4.78 is 30.3. The number of carbonyl (C=O) groups excluding carboxylic acids is 1. The number of benzene rings is 2. The molecule has 0 aromatic heterocycles. The van der Waals surface area contributed by atoms with Crippen LogP contribution in [0.5, 0.6) is 0 Å². The Morgan fingerprint density at radius 1 is 1.15 bits per heavy atom. The summed E-state index contributed by atoms with van der Waals surface area (Å²) in [6, 6.07) is 15.3. The fraction of sp³-hybridized carbons (Fsp3) is 0.316. The molecule has 1 aliphatic rings. The van der Waals surface area contributed by atoms with Crippen LogP contribution in [0.15, 0.2) is 59.5 Å². The molecule has 0 saturated carbocycles. The van der Waals surface area contributed by atoms with Gasteiger partial charge in [-0.2, -0.15) is 0 Å². The highest BCUT2D eigenvalue weighted by atomic mass is 32.2. The molecule has 0 aliphatic carbocycles. The predicted octanol–water partition coefficient (Wildman–Crippen LogP) is 1.98. The fourth-order valence-electron chi connectivity index (χ4n) is 2.86. The zero-order valence-electron chi connectivity index (χ0n) is 14.4. The molecule has 1 unspecified atom stereocenters. The largest absolute Gasteiger partial charge is 0.378 e. The number of hydrogen-bond donors (Lipinski definition) is 2. The number of hydrogen-bond acceptors (Lipinski definition) is 5. The van der Waals surface area contributed by atoms with Gasteiger partial charge in [-0.05, 0) is 29.8 Å². The van der Waals surface area contributed by atoms with E-state index >= 15 is 0 Å². The standard InChI is InChI=1S/C19H22N2O4S/c22-19(12-17-13-25-10-9-20-17)21-16-6-4-5-15(11-16)14-26(23,24)18-7-2-1-3-8-18/h1-8,11,17,20H,9-10,12-14H2,(H,21,22). The minimum Gasteiger partial charge on any atom is -0.378 e. The number of nitrogens with one attached hydrogen (secondary N) is 2. The summed E-state index contributed by atoms with van der Waals surface area (Å²) in [6.07, 6.45) is 0.312. The highest BCUT2D eigenvalue weighted by molar-refractivity contribution is 7.90. The molecule has 1 aliphatic heterocycles. The van der Waals surface area contributed by atoms with E-state index in [9.17, 15) is 13.2 Å². The molecule has 0 bridgehead atoms. The molecular weight excluding hydrogens is 352 g/mol. The van der Waals surface area contributed by atoms with Crippen LogP contribution in [0, 0.1) is 0 Å². The van der Waals surface area contributed by atoms with Crippen molar-refractivity contribution in [3.8, 4) is 0 Å². The normalized spacial score (nSPS) is 17.6. The van der Waals surface area contributed by atoms with Gasteiger partial charge in [0.2, 0.25) is 5.91 Å². The highest BCUT2D eigenvalue weighted by Crippen LogP contribution is 2.19. The Morgan fingerprint density at radius 2 is 1.96 bits per heavy atom. The third kappa shape index (κ3) is 5.14. The Hall–Kier alpha value is -2.22. The van der Waals surface area contributed by atoms with Crippen LogP contribution in [0.4, 0.5) is 5.69 Å². The molecule has 0 spiro atoms. The summed E-state index contributed by atoms with van der Waals surface area (Å²) in [5, 5.41) is 6.06. The molecule has 3 rings (SSSR count). The maximum atomic E-state index is 12.5. The second kappa shape index (κ2) is 8.44. The average Bonchev–Trinajstić information content (AvgIpc) is 2.63. The smallest absolute Gasteiger partial charge is 0.226 e. The third-order valence-corrected chi connectivity index (χ3v) is 5.80. The van der Waals surface area contributed by atoms with Crippen LogP contribution in [-0.2, 0) is 25.1 Å². The Kier molecular flexibility index (Phi) is 6.03. The van der Waals surface area contributed by atoms with E-state index in [1.165, 1.54) is 0 Å². The molecule has 138 valence electrons. The molecule has 2 N–H and O–H groups in total. The summed E-state index contributed by atoms with van der Waals surface area (Å²) in [7, 11) is -3.42. The van der Waals surface area contributed by atoms with Crippen LogP contribution >= 0.6 is 0 Å². The lowest BCUT2D eigenvalue weighted by molar-refractivity contribution is -0.117. The number of ether oxygens (including phenoxy) is 1. The van der Waals surface area contributed by atoms with E-state index in [-0.39, 0.29) is 22.6 Å². The second-order valence-electron chi connectivity index (χ2n) is 6.25. The van der Waals surface area contributed by atoms with Crippen molar-refractivity contribution in [1.29, 1.82) is 0 Å². The zero-order valence-corrected chi connectivity index (χ0v) is 15.2. The van der Waals surface area contributed by atoms with Crippen molar-refractivity contribution in [3.63, 3.8) is 0 Å². The summed E-state index contributed by atoms with van der Waals surface area (Å²) in [4.78, 5) is 12.5. The molecule has 1 saturated heterocycles. The van der Waals surface area contributed by atoms with E-state index in [1.807, 2.05) is 0 Å². The first kappa shape index (κ1) is 18.6. The van der Waals surface area contributed by atoms with Crippen molar-refractivity contribution in [3.05, 3.63) is 60.2 Å². The van der Waals surface area contributed by atoms with Crippen LogP contribution in [0.25, 0.3) is 0 Å². The summed E-state index contributed by atoms with van der Waals surface area (Å²) in [5.41, 5.74) is 1.22. The van der Waals surface area contributed by atoms with Crippen molar-refractivity contribution < 1.29 is 17.9 Å². The van der Waals surface area contributed by atoms with E-state index in [0.29, 0.717) is 30.9 Å². The molecule has 1 atom stereocenters. The lowest BCUT2D eigenvalue weighted by atomic mass is 10.1. The minimum absolute atomic E-state index is 0.00499. The quantitative estimate of drug-likeness (QED) is 0.808. The highest BCUT2D eigenvalue weighted by Gasteiger charge is 2.18. The Labute approximate surface area is 153 Å². The van der Waals surface area contributed by atoms with Gasteiger partial charge in [-0.3, -0.25) is 4.79 Å². The second-order valence-corrected chi connectivity index (χ2v) is 8.24. The lowest BCUT2D eigenvalue weighted by Gasteiger charge is -2.23. The van der Waals surface area contributed by atoms with Crippen molar-refractivity contribution >= 4 is 21.4 Å². The number of amides is 1. The monoisotopic (exact) mass is 374 g/mol. The number of anilines is 1. The Balaban J connectivity index is 1.63. The fourth-order valence-corrected chi connectivity index (χ4v) is 4.21. The van der Waals surface area contributed by atoms with Gasteiger partial charge in [0.25, 0.3) is 0 Å². The van der Waals surface area contributed by atoms with E-state index in [2.05, 4.69) is 10.6 Å². The van der Waals surface area contributed by atoms with Gasteiger partial charge in [0.05, 0.1) is 23.9 Å². The van der Waals surface area contributed by atoms with Crippen molar-refractivity contribution in [2.75, 3.05) is 25.1 Å². The van der Waals surface area contributed by atoms with Gasteiger partial charge in [0.1, 0.15) is 0 Å². The van der Waals surface area contributed by atoms with Crippen LogP contribution < -0.4 is 10.6 Å². The van der Waals surface area contributed by atoms with E-state index in [4.69, 9.17) is 4.74 Å². The number of carbonyl (C=O) groups is 1. The molecule has 26 heavy (non-hydrogen) atoms. The molecular formula is C19H22N2O4S. The van der Waals surface area contributed by atoms with E-state index in [1.54, 1.807) is 54.6 Å². The van der Waals surface area contributed by atoms with Gasteiger partial charge in [0, 0.05) is 24.7 Å². The molecule has 1 fully saturated rings. The average molecular weight is 374 g/mol. The molecule has 1 heterocycles. The maximum Gasteiger partial charge on any atom is 0.226 e. The number of morpholine rings is 1. The minimum atomic E-state index is -3.42. The number of rotatable bonds is 6. The Morgan fingerprint density at radius 3 is 2.69 bits per heavy atom. The number of sulfone groups is 1. The van der Waals surface area contributed by atoms with Crippen LogP contribution in [0.1, 0.15) is 12.0 Å². The molecule has 2 aromatic carbocycles. The van der Waals surface area contributed by atoms with E-state index in [0.717, 1.165) is 6.54 Å². The maximum absolute atomic E-state index is 12.5. The predicted molar refractivity (Wildman–Crippen MR) is 99.6 cm³/mol. The van der Waals surface area contributed by atoms with Crippen molar-refractivity contribution in [2.45, 2.75) is 23.1 Å². The van der Waals surface area contributed by atoms with Crippen LogP contribution in [0.3, 0.4) is 0 Å². The van der Waals surface area contributed by atoms with Crippen LogP contribution in [0.2, 0.25) is 0 Å². The lowest BCUT2D eigenvalue weighted by Crippen LogP contribution is -2.43. The van der Waals surface area contributed by atoms with Gasteiger partial charge in [-0.1, -0.05) is 30.3 Å². The molecule has 2 aromatic rings. The molecule has 1 amide bonds. The SMILES string of the molecule is O=C(CC1COCCN1)Nc1cccc(CS(=O)(=O)c2ccccc2)c1. The topological polar surface area (TPSA) is 84.5 Å². The summed E-state index contributed by atoms with van der Waals surface area (Å²) >= 11 is 0. The summed E-state index contributed by atoms with van der Waals surface area (Å²) in [5.74, 6) is -0.241. The molecule has 7 heteroatoms. The molecule has 6 nitrogen and oxygen atoms in total. The van der Waals surface area contributed by atoms with Gasteiger partial charge >= 0.3 is 0 Å². The summed E-state index contributed by atoms with van der Waals surface area (Å²) in [6.45, 7) is 1.92. The first-order valence-corrected chi connectivity index (χ1v) is 10.2. The van der Waals surface area contributed by atoms with Crippen molar-refractivity contribution in [2.24, 2.45) is 0 Å². The van der Waals surface area contributed by atoms with Crippen molar-refractivity contribution in [1.82, 2.24) is 5.32 Å². The van der Waals surface area contributed by atoms with Gasteiger partial charge in [0.15, 0.2) is 9.84 Å². The molecule has 0 radical (unpaired) electrons. The van der Waals surface area contributed by atoms with Gasteiger partial charge < -0.3 is 15.4 Å². The van der Waals surface area contributed by atoms with Gasteiger partial charge in [-0.15, -0.1) is 0 Å². The van der Waals surface area contributed by atoms with Gasteiger partial charge in [-0.25, -0.2) is 8.42 Å². The first-order chi connectivity index (χ1) is 12.5.